The van der Waals surface area contributed by atoms with Crippen molar-refractivity contribution < 1.29 is 19.1 Å². The van der Waals surface area contributed by atoms with Crippen LogP contribution in [0.5, 0.6) is 11.5 Å². The average Bonchev–Trinajstić information content (AvgIpc) is 2.30. The summed E-state index contributed by atoms with van der Waals surface area (Å²) >= 11 is 0. The van der Waals surface area contributed by atoms with E-state index in [1.165, 1.54) is 7.05 Å². The molecule has 0 atom stereocenters. The largest absolute Gasteiger partial charge is 0.488 e. The van der Waals surface area contributed by atoms with E-state index in [0.29, 0.717) is 24.3 Å². The molecule has 0 radical (unpaired) electrons. The highest BCUT2D eigenvalue weighted by atomic mass is 16.6. The zero-order valence-corrected chi connectivity index (χ0v) is 8.78. The van der Waals surface area contributed by atoms with Crippen LogP contribution in [0.15, 0.2) is 18.2 Å². The second-order valence-corrected chi connectivity index (χ2v) is 3.29. The van der Waals surface area contributed by atoms with E-state index in [0.717, 1.165) is 0 Å². The first kappa shape index (κ1) is 10.5. The van der Waals surface area contributed by atoms with Crippen LogP contribution in [0.2, 0.25) is 0 Å². The molecular weight excluding hydrogens is 210 g/mol. The van der Waals surface area contributed by atoms with Crippen LogP contribution in [0.1, 0.15) is 16.8 Å². The maximum Gasteiger partial charge on any atom is 0.412 e. The summed E-state index contributed by atoms with van der Waals surface area (Å²) in [6.45, 7) is 0.319. The fourth-order valence-corrected chi connectivity index (χ4v) is 1.50. The molecule has 0 bridgehead atoms. The van der Waals surface area contributed by atoms with Gasteiger partial charge in [0.25, 0.3) is 0 Å². The Bertz CT molecular complexity index is 442. The van der Waals surface area contributed by atoms with Crippen molar-refractivity contribution in [1.82, 2.24) is 5.32 Å². The van der Waals surface area contributed by atoms with E-state index in [2.05, 4.69) is 5.32 Å². The minimum Gasteiger partial charge on any atom is -0.488 e. The average molecular weight is 221 g/mol. The van der Waals surface area contributed by atoms with Crippen LogP contribution in [0.25, 0.3) is 0 Å². The van der Waals surface area contributed by atoms with Gasteiger partial charge in [0.1, 0.15) is 0 Å². The van der Waals surface area contributed by atoms with Crippen LogP contribution in [0.4, 0.5) is 4.79 Å². The molecule has 0 aliphatic carbocycles. The van der Waals surface area contributed by atoms with E-state index in [9.17, 15) is 9.59 Å². The Morgan fingerprint density at radius 3 is 3.06 bits per heavy atom. The molecule has 5 heteroatoms. The van der Waals surface area contributed by atoms with Crippen LogP contribution in [0.3, 0.4) is 0 Å². The van der Waals surface area contributed by atoms with Gasteiger partial charge in [0.05, 0.1) is 12.2 Å². The van der Waals surface area contributed by atoms with Gasteiger partial charge in [-0.05, 0) is 12.1 Å². The molecule has 0 fully saturated rings. The van der Waals surface area contributed by atoms with Crippen molar-refractivity contribution in [3.63, 3.8) is 0 Å². The molecule has 1 aromatic carbocycles. The number of carbonyl (C=O) groups excluding carboxylic acids is 2. The monoisotopic (exact) mass is 221 g/mol. The van der Waals surface area contributed by atoms with E-state index < -0.39 is 6.09 Å². The Morgan fingerprint density at radius 2 is 2.31 bits per heavy atom. The number of benzene rings is 1. The maximum atomic E-state index is 11.6. The molecule has 84 valence electrons. The van der Waals surface area contributed by atoms with Gasteiger partial charge >= 0.3 is 6.09 Å². The van der Waals surface area contributed by atoms with Gasteiger partial charge in [0.15, 0.2) is 17.3 Å². The van der Waals surface area contributed by atoms with E-state index in [-0.39, 0.29) is 11.5 Å². The predicted octanol–water partition coefficient (Wildman–Crippen LogP) is 1.37. The van der Waals surface area contributed by atoms with Crippen molar-refractivity contribution in [2.45, 2.75) is 6.42 Å². The van der Waals surface area contributed by atoms with Gasteiger partial charge in [-0.1, -0.05) is 6.07 Å². The number of carbonyl (C=O) groups is 2. The van der Waals surface area contributed by atoms with E-state index >= 15 is 0 Å². The van der Waals surface area contributed by atoms with Crippen molar-refractivity contribution in [1.29, 1.82) is 0 Å². The molecule has 1 aliphatic heterocycles. The third-order valence-corrected chi connectivity index (χ3v) is 2.26. The first-order valence-electron chi connectivity index (χ1n) is 4.91. The van der Waals surface area contributed by atoms with Gasteiger partial charge in [-0.2, -0.15) is 0 Å². The minimum atomic E-state index is -0.588. The molecule has 1 heterocycles. The number of hydrogen-bond acceptors (Lipinski definition) is 4. The highest BCUT2D eigenvalue weighted by Crippen LogP contribution is 2.34. The molecule has 5 nitrogen and oxygen atoms in total. The molecular formula is C11H11NO4. The number of rotatable bonds is 1. The topological polar surface area (TPSA) is 64.6 Å². The number of ether oxygens (including phenoxy) is 2. The summed E-state index contributed by atoms with van der Waals surface area (Å²) in [6.07, 6.45) is -0.230. The second kappa shape index (κ2) is 4.22. The summed E-state index contributed by atoms with van der Waals surface area (Å²) in [7, 11) is 1.46. The first-order valence-corrected chi connectivity index (χ1v) is 4.91. The summed E-state index contributed by atoms with van der Waals surface area (Å²) in [4.78, 5) is 22.6. The third-order valence-electron chi connectivity index (χ3n) is 2.26. The SMILES string of the molecule is CNC(=O)Oc1cccc2c1OCCC2=O. The lowest BCUT2D eigenvalue weighted by Gasteiger charge is -2.18. The van der Waals surface area contributed by atoms with Crippen molar-refractivity contribution >= 4 is 11.9 Å². The molecule has 1 aromatic rings. The number of hydrogen-bond donors (Lipinski definition) is 1. The van der Waals surface area contributed by atoms with E-state index in [1.54, 1.807) is 18.2 Å². The fourth-order valence-electron chi connectivity index (χ4n) is 1.50. The lowest BCUT2D eigenvalue weighted by molar-refractivity contribution is 0.0930. The normalized spacial score (nSPS) is 13.7. The van der Waals surface area contributed by atoms with Gasteiger partial charge < -0.3 is 14.8 Å². The third kappa shape index (κ3) is 1.84. The van der Waals surface area contributed by atoms with Crippen LogP contribution in [-0.4, -0.2) is 25.5 Å². The van der Waals surface area contributed by atoms with Crippen molar-refractivity contribution in [3.8, 4) is 11.5 Å². The zero-order chi connectivity index (χ0) is 11.5. The summed E-state index contributed by atoms with van der Waals surface area (Å²) in [5, 5.41) is 2.33. The van der Waals surface area contributed by atoms with Crippen molar-refractivity contribution in [2.24, 2.45) is 0 Å². The Hall–Kier alpha value is -2.04. The van der Waals surface area contributed by atoms with E-state index in [1.807, 2.05) is 0 Å². The quantitative estimate of drug-likeness (QED) is 0.777. The molecule has 0 spiro atoms. The molecule has 0 saturated heterocycles. The molecule has 1 N–H and O–H groups in total. The Labute approximate surface area is 92.4 Å². The highest BCUT2D eigenvalue weighted by Gasteiger charge is 2.22. The molecule has 2 rings (SSSR count). The highest BCUT2D eigenvalue weighted by molar-refractivity contribution is 6.00. The molecule has 1 amide bonds. The zero-order valence-electron chi connectivity index (χ0n) is 8.78. The summed E-state index contributed by atoms with van der Waals surface area (Å²) in [5.74, 6) is 0.621. The molecule has 0 unspecified atom stereocenters. The second-order valence-electron chi connectivity index (χ2n) is 3.29. The number of ketones is 1. The van der Waals surface area contributed by atoms with Gasteiger partial charge in [-0.3, -0.25) is 4.79 Å². The number of Topliss-reactive ketones (excluding diaryl/α,β-unsaturated/α-hetero) is 1. The Morgan fingerprint density at radius 1 is 1.50 bits per heavy atom. The number of fused-ring (bicyclic) bond motifs is 1. The predicted molar refractivity (Wildman–Crippen MR) is 56.0 cm³/mol. The minimum absolute atomic E-state index is 0.00334. The molecule has 0 aromatic heterocycles. The smallest absolute Gasteiger partial charge is 0.412 e. The van der Waals surface area contributed by atoms with Crippen molar-refractivity contribution in [2.75, 3.05) is 13.7 Å². The van der Waals surface area contributed by atoms with Crippen LogP contribution < -0.4 is 14.8 Å². The molecule has 0 saturated carbocycles. The maximum absolute atomic E-state index is 11.6. The summed E-state index contributed by atoms with van der Waals surface area (Å²) in [6, 6.07) is 4.91. The summed E-state index contributed by atoms with van der Waals surface area (Å²) in [5.41, 5.74) is 0.465. The molecule has 1 aliphatic rings. The number of para-hydroxylation sites is 1. The van der Waals surface area contributed by atoms with Gasteiger partial charge in [-0.15, -0.1) is 0 Å². The Kier molecular flexibility index (Phi) is 2.76. The molecule has 16 heavy (non-hydrogen) atoms. The first-order chi connectivity index (χ1) is 7.72. The Balaban J connectivity index is 2.36. The van der Waals surface area contributed by atoms with Gasteiger partial charge in [-0.25, -0.2) is 4.79 Å². The summed E-state index contributed by atoms with van der Waals surface area (Å²) < 4.78 is 10.3. The van der Waals surface area contributed by atoms with Gasteiger partial charge in [0.2, 0.25) is 0 Å². The lowest BCUT2D eigenvalue weighted by atomic mass is 10.0. The number of amides is 1. The van der Waals surface area contributed by atoms with Crippen LogP contribution in [0, 0.1) is 0 Å². The lowest BCUT2D eigenvalue weighted by Crippen LogP contribution is -2.23. The number of nitrogens with one attached hydrogen (secondary N) is 1. The van der Waals surface area contributed by atoms with E-state index in [4.69, 9.17) is 9.47 Å². The standard InChI is InChI=1S/C11H11NO4/c1-12-11(14)16-9-4-2-3-7-8(13)5-6-15-10(7)9/h2-4H,5-6H2,1H3,(H,12,14). The fraction of sp³-hybridized carbons (Fsp3) is 0.273. The van der Waals surface area contributed by atoms with Crippen molar-refractivity contribution in [3.05, 3.63) is 23.8 Å². The van der Waals surface area contributed by atoms with Crippen LogP contribution >= 0.6 is 0 Å². The van der Waals surface area contributed by atoms with Gasteiger partial charge in [0, 0.05) is 13.5 Å². The van der Waals surface area contributed by atoms with Crippen LogP contribution in [-0.2, 0) is 0 Å².